The highest BCUT2D eigenvalue weighted by Gasteiger charge is 2.48. The number of hydrogen-bond donors (Lipinski definition) is 1. The lowest BCUT2D eigenvalue weighted by atomic mass is 9.76. The molecule has 0 saturated carbocycles. The minimum absolute atomic E-state index is 0.0336. The van der Waals surface area contributed by atoms with E-state index in [1.165, 1.54) is 24.3 Å². The summed E-state index contributed by atoms with van der Waals surface area (Å²) in [5.41, 5.74) is -1.84. The van der Waals surface area contributed by atoms with Crippen molar-refractivity contribution in [2.75, 3.05) is 6.61 Å². The van der Waals surface area contributed by atoms with Crippen LogP contribution in [0.3, 0.4) is 0 Å². The quantitative estimate of drug-likeness (QED) is 0.474. The van der Waals surface area contributed by atoms with Crippen LogP contribution in [0.25, 0.3) is 0 Å². The number of carbonyl (C=O) groups excluding carboxylic acids is 1. The van der Waals surface area contributed by atoms with E-state index in [0.717, 1.165) is 6.07 Å². The topological polar surface area (TPSA) is 63.6 Å². The zero-order chi connectivity index (χ0) is 15.2. The number of allylic oxidation sites excluding steroid dienone is 1. The van der Waals surface area contributed by atoms with Gasteiger partial charge in [-0.1, -0.05) is 18.2 Å². The molecule has 0 spiro atoms. The monoisotopic (exact) mass is 280 g/mol. The third kappa shape index (κ3) is 3.04. The van der Waals surface area contributed by atoms with Gasteiger partial charge >= 0.3 is 11.9 Å². The molecule has 1 atom stereocenters. The van der Waals surface area contributed by atoms with Crippen molar-refractivity contribution >= 4 is 11.9 Å². The molecule has 0 bridgehead atoms. The summed E-state index contributed by atoms with van der Waals surface area (Å²) in [6.45, 7) is 5.16. The van der Waals surface area contributed by atoms with Gasteiger partial charge in [0.1, 0.15) is 5.82 Å². The molecule has 20 heavy (non-hydrogen) atoms. The Morgan fingerprint density at radius 2 is 2.20 bits per heavy atom. The Hall–Kier alpha value is -2.17. The van der Waals surface area contributed by atoms with Crippen LogP contribution in [0.2, 0.25) is 0 Å². The third-order valence-corrected chi connectivity index (χ3v) is 3.03. The molecule has 0 fully saturated rings. The van der Waals surface area contributed by atoms with Crippen LogP contribution in [0.1, 0.15) is 25.3 Å². The van der Waals surface area contributed by atoms with Gasteiger partial charge in [0.25, 0.3) is 0 Å². The smallest absolute Gasteiger partial charge is 0.328 e. The van der Waals surface area contributed by atoms with Crippen LogP contribution < -0.4 is 0 Å². The molecule has 1 aromatic carbocycles. The van der Waals surface area contributed by atoms with Crippen LogP contribution >= 0.6 is 0 Å². The highest BCUT2D eigenvalue weighted by molar-refractivity contribution is 6.05. The molecule has 0 aliphatic heterocycles. The number of ether oxygens (including phenoxy) is 1. The second kappa shape index (κ2) is 6.84. The average Bonchev–Trinajstić information content (AvgIpc) is 2.39. The molecule has 0 saturated heterocycles. The van der Waals surface area contributed by atoms with Gasteiger partial charge in [0, 0.05) is 0 Å². The summed E-state index contributed by atoms with van der Waals surface area (Å²) in [5, 5.41) is 9.53. The van der Waals surface area contributed by atoms with Gasteiger partial charge in [-0.2, -0.15) is 0 Å². The standard InChI is InChI=1S/C15H17FO4/c1-3-5-9-15(13(17)18,14(19)20-4-2)11-7-6-8-12(16)10-11/h3,6-8,10H,1,4-5,9H2,2H3,(H,17,18). The first kappa shape index (κ1) is 15.9. The summed E-state index contributed by atoms with van der Waals surface area (Å²) in [6, 6.07) is 5.02. The Morgan fingerprint density at radius 1 is 1.50 bits per heavy atom. The maximum atomic E-state index is 13.4. The van der Waals surface area contributed by atoms with Crippen LogP contribution in [0.5, 0.6) is 0 Å². The lowest BCUT2D eigenvalue weighted by Gasteiger charge is -2.27. The molecular formula is C15H17FO4. The molecule has 5 heteroatoms. The third-order valence-electron chi connectivity index (χ3n) is 3.03. The maximum absolute atomic E-state index is 13.4. The van der Waals surface area contributed by atoms with Crippen molar-refractivity contribution in [3.8, 4) is 0 Å². The number of esters is 1. The van der Waals surface area contributed by atoms with Gasteiger partial charge in [-0.05, 0) is 37.5 Å². The van der Waals surface area contributed by atoms with E-state index in [1.807, 2.05) is 0 Å². The number of aliphatic carboxylic acids is 1. The largest absolute Gasteiger partial charge is 0.480 e. The molecule has 0 radical (unpaired) electrons. The summed E-state index contributed by atoms with van der Waals surface area (Å²) in [6.07, 6.45) is 1.77. The predicted octanol–water partition coefficient (Wildman–Crippen LogP) is 2.68. The molecule has 4 nitrogen and oxygen atoms in total. The highest BCUT2D eigenvalue weighted by Crippen LogP contribution is 2.32. The molecule has 0 aromatic heterocycles. The molecule has 1 aromatic rings. The van der Waals surface area contributed by atoms with E-state index in [9.17, 15) is 19.1 Å². The second-order valence-electron chi connectivity index (χ2n) is 4.27. The lowest BCUT2D eigenvalue weighted by Crippen LogP contribution is -2.45. The number of hydrogen-bond acceptors (Lipinski definition) is 3. The normalized spacial score (nSPS) is 13.3. The van der Waals surface area contributed by atoms with Crippen LogP contribution in [0.4, 0.5) is 4.39 Å². The fourth-order valence-corrected chi connectivity index (χ4v) is 2.01. The van der Waals surface area contributed by atoms with Crippen LogP contribution in [0.15, 0.2) is 36.9 Å². The van der Waals surface area contributed by atoms with Crippen LogP contribution in [-0.4, -0.2) is 23.7 Å². The van der Waals surface area contributed by atoms with Crippen molar-refractivity contribution in [1.29, 1.82) is 0 Å². The molecule has 1 rings (SSSR count). The van der Waals surface area contributed by atoms with Crippen molar-refractivity contribution in [3.63, 3.8) is 0 Å². The number of carboxylic acids is 1. The molecule has 108 valence electrons. The number of rotatable bonds is 7. The van der Waals surface area contributed by atoms with E-state index >= 15 is 0 Å². The van der Waals surface area contributed by atoms with E-state index < -0.39 is 23.2 Å². The van der Waals surface area contributed by atoms with Crippen LogP contribution in [-0.2, 0) is 19.7 Å². The van der Waals surface area contributed by atoms with Crippen molar-refractivity contribution in [2.45, 2.75) is 25.2 Å². The summed E-state index contributed by atoms with van der Waals surface area (Å²) >= 11 is 0. The minimum Gasteiger partial charge on any atom is -0.480 e. The zero-order valence-corrected chi connectivity index (χ0v) is 11.3. The molecule has 0 amide bonds. The van der Waals surface area contributed by atoms with Crippen molar-refractivity contribution in [1.82, 2.24) is 0 Å². The van der Waals surface area contributed by atoms with Crippen molar-refractivity contribution in [3.05, 3.63) is 48.3 Å². The van der Waals surface area contributed by atoms with E-state index in [4.69, 9.17) is 4.74 Å². The Bertz CT molecular complexity index is 512. The molecule has 0 aliphatic rings. The first-order valence-electron chi connectivity index (χ1n) is 6.26. The first-order chi connectivity index (χ1) is 9.48. The fourth-order valence-electron chi connectivity index (χ4n) is 2.01. The van der Waals surface area contributed by atoms with E-state index in [2.05, 4.69) is 6.58 Å². The molecule has 0 aliphatic carbocycles. The number of carbonyl (C=O) groups is 2. The summed E-state index contributed by atoms with van der Waals surface area (Å²) in [4.78, 5) is 23.9. The van der Waals surface area contributed by atoms with Gasteiger partial charge in [-0.25, -0.2) is 4.39 Å². The summed E-state index contributed by atoms with van der Waals surface area (Å²) < 4.78 is 18.3. The fraction of sp³-hybridized carbons (Fsp3) is 0.333. The number of benzene rings is 1. The van der Waals surface area contributed by atoms with Gasteiger partial charge < -0.3 is 9.84 Å². The average molecular weight is 280 g/mol. The maximum Gasteiger partial charge on any atom is 0.328 e. The van der Waals surface area contributed by atoms with E-state index in [-0.39, 0.29) is 18.6 Å². The van der Waals surface area contributed by atoms with Crippen LogP contribution in [0, 0.1) is 5.82 Å². The Morgan fingerprint density at radius 3 is 2.70 bits per heavy atom. The van der Waals surface area contributed by atoms with E-state index in [0.29, 0.717) is 6.42 Å². The van der Waals surface area contributed by atoms with Gasteiger partial charge in [0.15, 0.2) is 5.41 Å². The van der Waals surface area contributed by atoms with E-state index in [1.54, 1.807) is 6.92 Å². The Balaban J connectivity index is 3.39. The minimum atomic E-state index is -1.91. The lowest BCUT2D eigenvalue weighted by molar-refractivity contribution is -0.162. The Labute approximate surface area is 116 Å². The summed E-state index contributed by atoms with van der Waals surface area (Å²) in [5.74, 6) is -2.85. The van der Waals surface area contributed by atoms with Gasteiger partial charge in [0.2, 0.25) is 0 Å². The Kier molecular flexibility index (Phi) is 5.43. The SMILES string of the molecule is C=CCCC(C(=O)O)(C(=O)OCC)c1cccc(F)c1. The molecule has 1 unspecified atom stereocenters. The van der Waals surface area contributed by atoms with Crippen molar-refractivity contribution in [2.24, 2.45) is 0 Å². The van der Waals surface area contributed by atoms with Crippen molar-refractivity contribution < 1.29 is 23.8 Å². The first-order valence-corrected chi connectivity index (χ1v) is 6.26. The van der Waals surface area contributed by atoms with Gasteiger partial charge in [-0.15, -0.1) is 6.58 Å². The molecule has 1 N–H and O–H groups in total. The summed E-state index contributed by atoms with van der Waals surface area (Å²) in [7, 11) is 0. The molecule has 0 heterocycles. The number of carboxylic acid groups (broad SMARTS) is 1. The van der Waals surface area contributed by atoms with Gasteiger partial charge in [-0.3, -0.25) is 9.59 Å². The highest BCUT2D eigenvalue weighted by atomic mass is 19.1. The predicted molar refractivity (Wildman–Crippen MR) is 71.8 cm³/mol. The second-order valence-corrected chi connectivity index (χ2v) is 4.27. The molecular weight excluding hydrogens is 263 g/mol. The van der Waals surface area contributed by atoms with Gasteiger partial charge in [0.05, 0.1) is 6.61 Å². The zero-order valence-electron chi connectivity index (χ0n) is 11.3. The number of halogens is 1.